The fourth-order valence-corrected chi connectivity index (χ4v) is 2.57. The van der Waals surface area contributed by atoms with Crippen LogP contribution in [0, 0.1) is 0 Å². The molecule has 94 valence electrons. The van der Waals surface area contributed by atoms with Gasteiger partial charge in [0.2, 0.25) is 0 Å². The number of nitrogens with one attached hydrogen (secondary N) is 1. The second-order valence-corrected chi connectivity index (χ2v) is 4.99. The molecule has 2 rings (SSSR count). The maximum absolute atomic E-state index is 11.2. The van der Waals surface area contributed by atoms with Gasteiger partial charge in [0.25, 0.3) is 5.56 Å². The molecule has 7 heteroatoms. The van der Waals surface area contributed by atoms with E-state index >= 15 is 0 Å². The number of benzene rings is 1. The first-order chi connectivity index (χ1) is 8.54. The first kappa shape index (κ1) is 12.8. The summed E-state index contributed by atoms with van der Waals surface area (Å²) in [5, 5.41) is 1.06. The van der Waals surface area contributed by atoms with Crippen molar-refractivity contribution in [3.63, 3.8) is 0 Å². The highest BCUT2D eigenvalue weighted by molar-refractivity contribution is 7.98. The van der Waals surface area contributed by atoms with Gasteiger partial charge in [0.1, 0.15) is 5.82 Å². The van der Waals surface area contributed by atoms with Crippen molar-refractivity contribution in [1.82, 2.24) is 9.97 Å². The standard InChI is InChI=1S/C11H11ClN4OS/c12-8-3-7(13)2-1-6(8)5-18-11-15-9(14)4-10(17)16-11/h1-4H,5,13H2,(H3,14,15,16,17). The highest BCUT2D eigenvalue weighted by Crippen LogP contribution is 2.25. The van der Waals surface area contributed by atoms with Gasteiger partial charge < -0.3 is 16.5 Å². The van der Waals surface area contributed by atoms with Crippen LogP contribution in [0.1, 0.15) is 5.56 Å². The van der Waals surface area contributed by atoms with E-state index in [2.05, 4.69) is 9.97 Å². The van der Waals surface area contributed by atoms with Crippen LogP contribution in [0.15, 0.2) is 34.2 Å². The average molecular weight is 283 g/mol. The molecule has 0 aliphatic carbocycles. The number of anilines is 2. The summed E-state index contributed by atoms with van der Waals surface area (Å²) in [6.45, 7) is 0. The largest absolute Gasteiger partial charge is 0.399 e. The number of aromatic nitrogens is 2. The summed E-state index contributed by atoms with van der Waals surface area (Å²) in [6, 6.07) is 6.54. The molecule has 0 atom stereocenters. The number of rotatable bonds is 3. The molecule has 5 N–H and O–H groups in total. The molecule has 5 nitrogen and oxygen atoms in total. The molecule has 0 radical (unpaired) electrons. The van der Waals surface area contributed by atoms with Crippen LogP contribution >= 0.6 is 23.4 Å². The molecule has 0 amide bonds. The zero-order valence-electron chi connectivity index (χ0n) is 9.31. The molecule has 0 spiro atoms. The number of nitrogens with two attached hydrogens (primary N) is 2. The average Bonchev–Trinajstić information content (AvgIpc) is 2.26. The first-order valence-electron chi connectivity index (χ1n) is 5.08. The summed E-state index contributed by atoms with van der Waals surface area (Å²) < 4.78 is 0. The minimum absolute atomic E-state index is 0.199. The first-order valence-corrected chi connectivity index (χ1v) is 6.44. The third kappa shape index (κ3) is 3.18. The van der Waals surface area contributed by atoms with Crippen molar-refractivity contribution in [1.29, 1.82) is 0 Å². The Morgan fingerprint density at radius 3 is 2.78 bits per heavy atom. The Balaban J connectivity index is 2.13. The van der Waals surface area contributed by atoms with Gasteiger partial charge in [-0.15, -0.1) is 0 Å². The van der Waals surface area contributed by atoms with Crippen LogP contribution in [0.2, 0.25) is 5.02 Å². The molecule has 2 aromatic rings. The molecule has 0 saturated carbocycles. The maximum Gasteiger partial charge on any atom is 0.253 e. The van der Waals surface area contributed by atoms with Crippen molar-refractivity contribution < 1.29 is 0 Å². The Hall–Kier alpha value is -1.66. The van der Waals surface area contributed by atoms with E-state index in [0.717, 1.165) is 5.56 Å². The van der Waals surface area contributed by atoms with Crippen molar-refractivity contribution in [2.45, 2.75) is 10.9 Å². The lowest BCUT2D eigenvalue weighted by Crippen LogP contribution is -2.09. The lowest BCUT2D eigenvalue weighted by Gasteiger charge is -2.05. The maximum atomic E-state index is 11.2. The van der Waals surface area contributed by atoms with Crippen LogP contribution in [-0.2, 0) is 5.75 Å². The molecule has 1 heterocycles. The smallest absolute Gasteiger partial charge is 0.253 e. The number of nitrogens with zero attached hydrogens (tertiary/aromatic N) is 1. The molecule has 0 aliphatic heterocycles. The molecule has 0 fully saturated rings. The topological polar surface area (TPSA) is 97.8 Å². The molecule has 1 aromatic heterocycles. The van der Waals surface area contributed by atoms with Gasteiger partial charge in [-0.2, -0.15) is 0 Å². The normalized spacial score (nSPS) is 10.5. The number of halogens is 1. The van der Waals surface area contributed by atoms with Crippen molar-refractivity contribution in [2.24, 2.45) is 0 Å². The number of aromatic amines is 1. The van der Waals surface area contributed by atoms with Crippen molar-refractivity contribution in [3.8, 4) is 0 Å². The van der Waals surface area contributed by atoms with Gasteiger partial charge >= 0.3 is 0 Å². The summed E-state index contributed by atoms with van der Waals surface area (Å²) in [6.07, 6.45) is 0. The zero-order valence-corrected chi connectivity index (χ0v) is 10.9. The van der Waals surface area contributed by atoms with Crippen molar-refractivity contribution >= 4 is 34.9 Å². The quantitative estimate of drug-likeness (QED) is 0.454. The molecule has 0 saturated heterocycles. The van der Waals surface area contributed by atoms with Gasteiger partial charge in [-0.25, -0.2) is 4.98 Å². The van der Waals surface area contributed by atoms with E-state index in [-0.39, 0.29) is 11.4 Å². The summed E-state index contributed by atoms with van der Waals surface area (Å²) in [5.41, 5.74) is 12.4. The Labute approximate surface area is 113 Å². The lowest BCUT2D eigenvalue weighted by atomic mass is 10.2. The SMILES string of the molecule is Nc1ccc(CSc2nc(N)cc(=O)[nH]2)c(Cl)c1. The highest BCUT2D eigenvalue weighted by atomic mass is 35.5. The fraction of sp³-hybridized carbons (Fsp3) is 0.0909. The van der Waals surface area contributed by atoms with Crippen LogP contribution in [-0.4, -0.2) is 9.97 Å². The zero-order chi connectivity index (χ0) is 13.1. The number of hydrogen-bond donors (Lipinski definition) is 3. The number of thioether (sulfide) groups is 1. The van der Waals surface area contributed by atoms with Crippen LogP contribution in [0.3, 0.4) is 0 Å². The van der Waals surface area contributed by atoms with Gasteiger partial charge in [-0.3, -0.25) is 4.79 Å². The second-order valence-electron chi connectivity index (χ2n) is 3.61. The predicted octanol–water partition coefficient (Wildman–Crippen LogP) is 1.88. The summed E-state index contributed by atoms with van der Waals surface area (Å²) in [7, 11) is 0. The number of hydrogen-bond acceptors (Lipinski definition) is 5. The minimum Gasteiger partial charge on any atom is -0.399 e. The van der Waals surface area contributed by atoms with E-state index in [1.54, 1.807) is 12.1 Å². The molecule has 18 heavy (non-hydrogen) atoms. The minimum atomic E-state index is -0.270. The van der Waals surface area contributed by atoms with Crippen LogP contribution in [0.4, 0.5) is 11.5 Å². The Kier molecular flexibility index (Phi) is 3.78. The van der Waals surface area contributed by atoms with Crippen LogP contribution < -0.4 is 17.0 Å². The van der Waals surface area contributed by atoms with E-state index in [9.17, 15) is 4.79 Å². The Bertz CT molecular complexity index is 629. The van der Waals surface area contributed by atoms with Gasteiger partial charge in [-0.1, -0.05) is 29.4 Å². The Morgan fingerprint density at radius 1 is 1.33 bits per heavy atom. The van der Waals surface area contributed by atoms with E-state index in [1.165, 1.54) is 17.8 Å². The van der Waals surface area contributed by atoms with Crippen LogP contribution in [0.5, 0.6) is 0 Å². The summed E-state index contributed by atoms with van der Waals surface area (Å²) in [5.74, 6) is 0.774. The monoisotopic (exact) mass is 282 g/mol. The van der Waals surface area contributed by atoms with Crippen molar-refractivity contribution in [3.05, 3.63) is 45.2 Å². The van der Waals surface area contributed by atoms with E-state index in [0.29, 0.717) is 21.6 Å². The third-order valence-corrected chi connectivity index (χ3v) is 3.46. The predicted molar refractivity (Wildman–Crippen MR) is 74.7 cm³/mol. The molecular formula is C11H11ClN4OS. The van der Waals surface area contributed by atoms with Gasteiger partial charge in [0.05, 0.1) is 0 Å². The Morgan fingerprint density at radius 2 is 2.11 bits per heavy atom. The second kappa shape index (κ2) is 5.32. The van der Waals surface area contributed by atoms with E-state index in [4.69, 9.17) is 23.1 Å². The molecule has 0 aliphatic rings. The van der Waals surface area contributed by atoms with E-state index in [1.807, 2.05) is 6.07 Å². The number of nitrogen functional groups attached to an aromatic ring is 2. The molecule has 1 aromatic carbocycles. The van der Waals surface area contributed by atoms with Gasteiger partial charge in [0, 0.05) is 22.5 Å². The van der Waals surface area contributed by atoms with Gasteiger partial charge in [-0.05, 0) is 17.7 Å². The summed E-state index contributed by atoms with van der Waals surface area (Å²) >= 11 is 7.40. The van der Waals surface area contributed by atoms with Crippen LogP contribution in [0.25, 0.3) is 0 Å². The highest BCUT2D eigenvalue weighted by Gasteiger charge is 2.04. The fourth-order valence-electron chi connectivity index (χ4n) is 1.35. The third-order valence-electron chi connectivity index (χ3n) is 2.18. The molecule has 0 unspecified atom stereocenters. The molecule has 0 bridgehead atoms. The molecular weight excluding hydrogens is 272 g/mol. The van der Waals surface area contributed by atoms with Gasteiger partial charge in [0.15, 0.2) is 5.16 Å². The van der Waals surface area contributed by atoms with Crippen molar-refractivity contribution in [2.75, 3.05) is 11.5 Å². The summed E-state index contributed by atoms with van der Waals surface area (Å²) in [4.78, 5) is 17.8. The number of H-pyrrole nitrogens is 1. The van der Waals surface area contributed by atoms with E-state index < -0.39 is 0 Å². The lowest BCUT2D eigenvalue weighted by molar-refractivity contribution is 0.945.